The molecule has 2 N–H and O–H groups in total. The van der Waals surface area contributed by atoms with Crippen molar-refractivity contribution in [2.75, 3.05) is 24.6 Å². The number of anilines is 1. The molecule has 0 spiro atoms. The molecule has 1 aromatic rings. The van der Waals surface area contributed by atoms with Gasteiger partial charge in [0.15, 0.2) is 0 Å². The van der Waals surface area contributed by atoms with Crippen molar-refractivity contribution >= 4 is 17.3 Å². The lowest BCUT2D eigenvalue weighted by Crippen LogP contribution is -2.63. The van der Waals surface area contributed by atoms with E-state index in [4.69, 9.17) is 11.6 Å². The van der Waals surface area contributed by atoms with Crippen LogP contribution in [-0.4, -0.2) is 36.4 Å². The maximum atomic E-state index is 9.39. The van der Waals surface area contributed by atoms with E-state index in [0.717, 1.165) is 18.1 Å². The van der Waals surface area contributed by atoms with Gasteiger partial charge in [-0.1, -0.05) is 11.6 Å². The number of halogens is 1. The molecule has 0 bridgehead atoms. The third-order valence-corrected chi connectivity index (χ3v) is 3.58. The lowest BCUT2D eigenvalue weighted by atomic mass is 9.97. The molecule has 4 heteroatoms. The Morgan fingerprint density at radius 3 is 2.83 bits per heavy atom. The van der Waals surface area contributed by atoms with Crippen LogP contribution in [0.15, 0.2) is 18.2 Å². The number of aliphatic hydroxyl groups is 1. The Bertz CT molecular complexity index is 434. The molecule has 2 rings (SSSR count). The molecule has 100 valence electrons. The normalized spacial score (nSPS) is 23.2. The van der Waals surface area contributed by atoms with E-state index < -0.39 is 0 Å². The Kier molecular flexibility index (Phi) is 3.85. The van der Waals surface area contributed by atoms with E-state index in [1.54, 1.807) is 0 Å². The lowest BCUT2D eigenvalue weighted by Gasteiger charge is -2.44. The van der Waals surface area contributed by atoms with E-state index in [2.05, 4.69) is 37.1 Å². The van der Waals surface area contributed by atoms with Crippen LogP contribution >= 0.6 is 11.6 Å². The van der Waals surface area contributed by atoms with Crippen molar-refractivity contribution in [2.45, 2.75) is 32.4 Å². The van der Waals surface area contributed by atoms with Gasteiger partial charge in [-0.15, -0.1) is 0 Å². The third-order valence-electron chi connectivity index (χ3n) is 3.34. The van der Waals surface area contributed by atoms with Gasteiger partial charge in [0.25, 0.3) is 0 Å². The van der Waals surface area contributed by atoms with Crippen LogP contribution in [-0.2, 0) is 0 Å². The second-order valence-electron chi connectivity index (χ2n) is 5.72. The zero-order valence-electron chi connectivity index (χ0n) is 11.2. The van der Waals surface area contributed by atoms with Crippen molar-refractivity contribution in [3.8, 4) is 0 Å². The first-order valence-corrected chi connectivity index (χ1v) is 6.69. The molecule has 0 radical (unpaired) electrons. The summed E-state index contributed by atoms with van der Waals surface area (Å²) in [5.41, 5.74) is 2.38. The second-order valence-corrected chi connectivity index (χ2v) is 6.16. The third kappa shape index (κ3) is 2.97. The van der Waals surface area contributed by atoms with E-state index in [9.17, 15) is 5.11 Å². The summed E-state index contributed by atoms with van der Waals surface area (Å²) >= 11 is 6.00. The molecule has 1 fully saturated rings. The fraction of sp³-hybridized carbons (Fsp3) is 0.571. The molecular weight excluding hydrogens is 248 g/mol. The summed E-state index contributed by atoms with van der Waals surface area (Å²) in [5, 5.41) is 13.6. The number of hydrogen-bond donors (Lipinski definition) is 2. The standard InChI is InChI=1S/C14H21ClN2O/c1-10-6-11(15)4-5-13(10)17-7-12(8-18)16-14(2,3)9-17/h4-6,12,16,18H,7-9H2,1-3H3. The summed E-state index contributed by atoms with van der Waals surface area (Å²) in [7, 11) is 0. The molecule has 3 nitrogen and oxygen atoms in total. The molecule has 0 aliphatic carbocycles. The quantitative estimate of drug-likeness (QED) is 0.863. The smallest absolute Gasteiger partial charge is 0.0602 e. The molecule has 0 amide bonds. The second kappa shape index (κ2) is 5.08. The summed E-state index contributed by atoms with van der Waals surface area (Å²) in [6, 6.07) is 6.09. The predicted molar refractivity (Wildman–Crippen MR) is 76.5 cm³/mol. The van der Waals surface area contributed by atoms with Gasteiger partial charge in [-0.2, -0.15) is 0 Å². The average Bonchev–Trinajstić information content (AvgIpc) is 2.26. The molecule has 1 unspecified atom stereocenters. The SMILES string of the molecule is Cc1cc(Cl)ccc1N1CC(CO)NC(C)(C)C1. The van der Waals surface area contributed by atoms with Gasteiger partial charge in [0.05, 0.1) is 6.61 Å². The van der Waals surface area contributed by atoms with Crippen LogP contribution in [0, 0.1) is 6.92 Å². The van der Waals surface area contributed by atoms with E-state index in [0.29, 0.717) is 0 Å². The number of rotatable bonds is 2. The summed E-state index contributed by atoms with van der Waals surface area (Å²) in [6.07, 6.45) is 0. The number of piperazine rings is 1. The van der Waals surface area contributed by atoms with E-state index in [1.165, 1.54) is 11.3 Å². The van der Waals surface area contributed by atoms with Crippen molar-refractivity contribution in [1.82, 2.24) is 5.32 Å². The highest BCUT2D eigenvalue weighted by Gasteiger charge is 2.31. The van der Waals surface area contributed by atoms with Crippen molar-refractivity contribution in [3.63, 3.8) is 0 Å². The largest absolute Gasteiger partial charge is 0.395 e. The van der Waals surface area contributed by atoms with Crippen LogP contribution in [0.1, 0.15) is 19.4 Å². The molecule has 0 saturated carbocycles. The average molecular weight is 269 g/mol. The number of aryl methyl sites for hydroxylation is 1. The lowest BCUT2D eigenvalue weighted by molar-refractivity contribution is 0.191. The van der Waals surface area contributed by atoms with Crippen LogP contribution < -0.4 is 10.2 Å². The molecule has 1 heterocycles. The summed E-state index contributed by atoms with van der Waals surface area (Å²) in [4.78, 5) is 2.32. The minimum absolute atomic E-state index is 0.00226. The first-order chi connectivity index (χ1) is 8.41. The maximum Gasteiger partial charge on any atom is 0.0602 e. The molecule has 1 saturated heterocycles. The van der Waals surface area contributed by atoms with Crippen LogP contribution in [0.5, 0.6) is 0 Å². The summed E-state index contributed by atoms with van der Waals surface area (Å²) in [5.74, 6) is 0. The van der Waals surface area contributed by atoms with Crippen molar-refractivity contribution in [3.05, 3.63) is 28.8 Å². The van der Waals surface area contributed by atoms with Crippen LogP contribution in [0.2, 0.25) is 5.02 Å². The number of benzene rings is 1. The summed E-state index contributed by atoms with van der Waals surface area (Å²) in [6.45, 7) is 8.30. The summed E-state index contributed by atoms with van der Waals surface area (Å²) < 4.78 is 0. The molecule has 1 aliphatic rings. The molecule has 0 aromatic heterocycles. The number of nitrogens with one attached hydrogen (secondary N) is 1. The highest BCUT2D eigenvalue weighted by Crippen LogP contribution is 2.27. The molecule has 1 aromatic carbocycles. The Morgan fingerprint density at radius 2 is 2.22 bits per heavy atom. The van der Waals surface area contributed by atoms with Gasteiger partial charge < -0.3 is 15.3 Å². The minimum atomic E-state index is -0.00226. The fourth-order valence-corrected chi connectivity index (χ4v) is 2.94. The Balaban J connectivity index is 2.26. The predicted octanol–water partition coefficient (Wildman–Crippen LogP) is 2.20. The van der Waals surface area contributed by atoms with Gasteiger partial charge in [-0.3, -0.25) is 0 Å². The zero-order valence-corrected chi connectivity index (χ0v) is 12.0. The Labute approximate surface area is 114 Å². The number of hydrogen-bond acceptors (Lipinski definition) is 3. The Morgan fingerprint density at radius 1 is 1.50 bits per heavy atom. The molecule has 1 atom stereocenters. The molecule has 1 aliphatic heterocycles. The van der Waals surface area contributed by atoms with Gasteiger partial charge in [-0.05, 0) is 44.5 Å². The maximum absolute atomic E-state index is 9.39. The topological polar surface area (TPSA) is 35.5 Å². The first kappa shape index (κ1) is 13.7. The van der Waals surface area contributed by atoms with E-state index in [-0.39, 0.29) is 18.2 Å². The fourth-order valence-electron chi connectivity index (χ4n) is 2.71. The van der Waals surface area contributed by atoms with Crippen molar-refractivity contribution in [1.29, 1.82) is 0 Å². The van der Waals surface area contributed by atoms with Crippen LogP contribution in [0.3, 0.4) is 0 Å². The number of nitrogens with zero attached hydrogens (tertiary/aromatic N) is 1. The zero-order chi connectivity index (χ0) is 13.3. The molecule has 18 heavy (non-hydrogen) atoms. The minimum Gasteiger partial charge on any atom is -0.395 e. The van der Waals surface area contributed by atoms with Gasteiger partial charge >= 0.3 is 0 Å². The highest BCUT2D eigenvalue weighted by molar-refractivity contribution is 6.30. The van der Waals surface area contributed by atoms with Crippen LogP contribution in [0.25, 0.3) is 0 Å². The Hall–Kier alpha value is -0.770. The first-order valence-electron chi connectivity index (χ1n) is 6.31. The van der Waals surface area contributed by atoms with E-state index in [1.807, 2.05) is 12.1 Å². The van der Waals surface area contributed by atoms with Crippen molar-refractivity contribution < 1.29 is 5.11 Å². The van der Waals surface area contributed by atoms with E-state index >= 15 is 0 Å². The van der Waals surface area contributed by atoms with Crippen LogP contribution in [0.4, 0.5) is 5.69 Å². The van der Waals surface area contributed by atoms with Crippen molar-refractivity contribution in [2.24, 2.45) is 0 Å². The van der Waals surface area contributed by atoms with Gasteiger partial charge in [-0.25, -0.2) is 0 Å². The van der Waals surface area contributed by atoms with Gasteiger partial charge in [0.2, 0.25) is 0 Å². The number of aliphatic hydroxyl groups excluding tert-OH is 1. The van der Waals surface area contributed by atoms with Gasteiger partial charge in [0.1, 0.15) is 0 Å². The van der Waals surface area contributed by atoms with Gasteiger partial charge in [0, 0.05) is 35.4 Å². The molecular formula is C14H21ClN2O. The highest BCUT2D eigenvalue weighted by atomic mass is 35.5. The monoisotopic (exact) mass is 268 g/mol.